The van der Waals surface area contributed by atoms with Gasteiger partial charge in [0.05, 0.1) is 43.3 Å². The molecule has 1 saturated heterocycles. The zero-order valence-electron chi connectivity index (χ0n) is 21.0. The minimum absolute atomic E-state index is 0.0300. The lowest BCUT2D eigenvalue weighted by Crippen LogP contribution is -2.38. The van der Waals surface area contributed by atoms with Gasteiger partial charge in [0.2, 0.25) is 5.95 Å². The summed E-state index contributed by atoms with van der Waals surface area (Å²) in [7, 11) is 1.59. The Labute approximate surface area is 221 Å². The van der Waals surface area contributed by atoms with Crippen LogP contribution in [0.2, 0.25) is 5.02 Å². The van der Waals surface area contributed by atoms with Gasteiger partial charge < -0.3 is 30.0 Å². The average Bonchev–Trinajstić information content (AvgIpc) is 3.27. The van der Waals surface area contributed by atoms with E-state index in [0.717, 1.165) is 49.8 Å². The number of pyridine rings is 1. The fraction of sp³-hybridized carbons (Fsp3) is 0.423. The number of morpholine rings is 1. The highest BCUT2D eigenvalue weighted by Gasteiger charge is 2.35. The number of aliphatic hydroxyl groups is 1. The van der Waals surface area contributed by atoms with Crippen molar-refractivity contribution in [2.24, 2.45) is 0 Å². The van der Waals surface area contributed by atoms with Gasteiger partial charge in [0.25, 0.3) is 0 Å². The molecular weight excluding hydrogens is 496 g/mol. The van der Waals surface area contributed by atoms with Crippen LogP contribution in [0.15, 0.2) is 36.7 Å². The van der Waals surface area contributed by atoms with Gasteiger partial charge in [-0.1, -0.05) is 18.5 Å². The summed E-state index contributed by atoms with van der Waals surface area (Å²) in [6.07, 6.45) is 3.44. The maximum absolute atomic E-state index is 9.90. The Morgan fingerprint density at radius 2 is 2.05 bits per heavy atom. The van der Waals surface area contributed by atoms with Crippen LogP contribution in [0.3, 0.4) is 0 Å². The summed E-state index contributed by atoms with van der Waals surface area (Å²) in [5.41, 5.74) is 2.74. The number of rotatable bonds is 9. The monoisotopic (exact) mass is 526 g/mol. The van der Waals surface area contributed by atoms with E-state index >= 15 is 0 Å². The first-order valence-electron chi connectivity index (χ1n) is 12.3. The minimum atomic E-state index is -0.386. The van der Waals surface area contributed by atoms with Gasteiger partial charge in [0.15, 0.2) is 0 Å². The molecule has 4 heterocycles. The van der Waals surface area contributed by atoms with E-state index < -0.39 is 0 Å². The van der Waals surface area contributed by atoms with E-state index in [1.807, 2.05) is 19.1 Å². The lowest BCUT2D eigenvalue weighted by atomic mass is 9.85. The number of methoxy groups -OCH3 is 1. The summed E-state index contributed by atoms with van der Waals surface area (Å²) < 4.78 is 16.9. The van der Waals surface area contributed by atoms with E-state index in [9.17, 15) is 5.11 Å². The van der Waals surface area contributed by atoms with Crippen LogP contribution in [0, 0.1) is 0 Å². The molecule has 1 aromatic carbocycles. The van der Waals surface area contributed by atoms with E-state index in [0.29, 0.717) is 47.0 Å². The topological polar surface area (TPSA) is 114 Å². The number of ether oxygens (including phenoxy) is 3. The zero-order valence-corrected chi connectivity index (χ0v) is 21.7. The third kappa shape index (κ3) is 5.57. The highest BCUT2D eigenvalue weighted by Crippen LogP contribution is 2.38. The first-order valence-corrected chi connectivity index (χ1v) is 12.6. The summed E-state index contributed by atoms with van der Waals surface area (Å²) in [6.45, 7) is 7.30. The normalized spacial score (nSPS) is 19.2. The highest BCUT2D eigenvalue weighted by atomic mass is 35.5. The van der Waals surface area contributed by atoms with Gasteiger partial charge in [-0.25, -0.2) is 15.0 Å². The molecular formula is C26H31ClN6O4. The van der Waals surface area contributed by atoms with Crippen LogP contribution in [0.25, 0.3) is 11.3 Å². The number of hydrogen-bond acceptors (Lipinski definition) is 10. The van der Waals surface area contributed by atoms with Gasteiger partial charge in [-0.3, -0.25) is 4.90 Å². The van der Waals surface area contributed by atoms with Crippen molar-refractivity contribution in [3.63, 3.8) is 0 Å². The molecule has 0 radical (unpaired) electrons. The smallest absolute Gasteiger partial charge is 0.227 e. The second-order valence-corrected chi connectivity index (χ2v) is 9.78. The van der Waals surface area contributed by atoms with Crippen molar-refractivity contribution >= 4 is 29.1 Å². The minimum Gasteiger partial charge on any atom is -0.494 e. The molecule has 3 N–H and O–H groups in total. The van der Waals surface area contributed by atoms with E-state index in [1.54, 1.807) is 31.6 Å². The van der Waals surface area contributed by atoms with Crippen LogP contribution >= 0.6 is 11.6 Å². The first-order chi connectivity index (χ1) is 18.0. The van der Waals surface area contributed by atoms with Gasteiger partial charge in [-0.05, 0) is 18.2 Å². The fourth-order valence-electron chi connectivity index (χ4n) is 4.44. The van der Waals surface area contributed by atoms with Crippen LogP contribution in [0.1, 0.15) is 12.5 Å². The summed E-state index contributed by atoms with van der Waals surface area (Å²) in [5, 5.41) is 16.8. The number of benzene rings is 1. The standard InChI is InChI=1S/C26H31ClN6O4/c1-26(16-34)15-30-24-18(26)11-17(14-29-24)20-3-4-28-25(31-20)32-21-12-19(27)22(13-23(21)35-2)37-10-7-33-5-8-36-9-6-33/h3-4,11-14,34H,5-10,15-16H2,1-2H3,(H,29,30)(H,28,31,32). The SMILES string of the molecule is COc1cc(OCCN2CCOCC2)c(Cl)cc1Nc1nccc(-c2cnc3c(c2)C(C)(CO)CN3)n1. The summed E-state index contributed by atoms with van der Waals surface area (Å²) >= 11 is 6.54. The zero-order chi connectivity index (χ0) is 25.8. The average molecular weight is 527 g/mol. The van der Waals surface area contributed by atoms with Crippen molar-refractivity contribution in [3.8, 4) is 22.8 Å². The van der Waals surface area contributed by atoms with Gasteiger partial charge in [-0.2, -0.15) is 0 Å². The molecule has 1 unspecified atom stereocenters. The molecule has 5 rings (SSSR count). The van der Waals surface area contributed by atoms with Crippen molar-refractivity contribution in [3.05, 3.63) is 47.2 Å². The number of aromatic nitrogens is 3. The van der Waals surface area contributed by atoms with Crippen molar-refractivity contribution in [1.82, 2.24) is 19.9 Å². The Hall–Kier alpha value is -3.18. The molecule has 1 atom stereocenters. The predicted octanol–water partition coefficient (Wildman–Crippen LogP) is 3.33. The van der Waals surface area contributed by atoms with Crippen LogP contribution in [0.5, 0.6) is 11.5 Å². The lowest BCUT2D eigenvalue weighted by molar-refractivity contribution is 0.0322. The number of fused-ring (bicyclic) bond motifs is 1. The molecule has 3 aromatic rings. The molecule has 0 spiro atoms. The van der Waals surface area contributed by atoms with E-state index in [-0.39, 0.29) is 12.0 Å². The molecule has 1 fully saturated rings. The van der Waals surface area contributed by atoms with Gasteiger partial charge in [0, 0.05) is 61.2 Å². The number of hydrogen-bond donors (Lipinski definition) is 3. The first kappa shape index (κ1) is 25.5. The third-order valence-electron chi connectivity index (χ3n) is 6.75. The maximum Gasteiger partial charge on any atom is 0.227 e. The largest absolute Gasteiger partial charge is 0.494 e. The van der Waals surface area contributed by atoms with E-state index in [1.165, 1.54) is 0 Å². The predicted molar refractivity (Wildman–Crippen MR) is 142 cm³/mol. The maximum atomic E-state index is 9.90. The van der Waals surface area contributed by atoms with E-state index in [4.69, 9.17) is 25.8 Å². The lowest BCUT2D eigenvalue weighted by Gasteiger charge is -2.26. The van der Waals surface area contributed by atoms with Crippen molar-refractivity contribution in [2.75, 3.05) is 70.3 Å². The third-order valence-corrected chi connectivity index (χ3v) is 7.05. The molecule has 2 aliphatic heterocycles. The fourth-order valence-corrected chi connectivity index (χ4v) is 4.66. The number of anilines is 3. The van der Waals surface area contributed by atoms with Crippen molar-refractivity contribution in [2.45, 2.75) is 12.3 Å². The molecule has 0 saturated carbocycles. The van der Waals surface area contributed by atoms with Crippen molar-refractivity contribution < 1.29 is 19.3 Å². The summed E-state index contributed by atoms with van der Waals surface area (Å²) in [6, 6.07) is 7.35. The highest BCUT2D eigenvalue weighted by molar-refractivity contribution is 6.32. The number of nitrogens with zero attached hydrogens (tertiary/aromatic N) is 4. The van der Waals surface area contributed by atoms with Crippen LogP contribution in [-0.4, -0.2) is 84.7 Å². The molecule has 37 heavy (non-hydrogen) atoms. The van der Waals surface area contributed by atoms with Crippen LogP contribution < -0.4 is 20.1 Å². The van der Waals surface area contributed by atoms with Crippen LogP contribution in [-0.2, 0) is 10.2 Å². The van der Waals surface area contributed by atoms with E-state index in [2.05, 4.69) is 30.5 Å². The van der Waals surface area contributed by atoms with Crippen LogP contribution in [0.4, 0.5) is 17.5 Å². The molecule has 2 aliphatic rings. The molecule has 2 aromatic heterocycles. The number of aliphatic hydroxyl groups excluding tert-OH is 1. The number of nitrogens with one attached hydrogen (secondary N) is 2. The molecule has 0 amide bonds. The second kappa shape index (κ2) is 11.1. The molecule has 0 bridgehead atoms. The quantitative estimate of drug-likeness (QED) is 0.383. The Morgan fingerprint density at radius 1 is 1.22 bits per heavy atom. The molecule has 11 heteroatoms. The summed E-state index contributed by atoms with van der Waals surface area (Å²) in [4.78, 5) is 15.9. The Balaban J connectivity index is 1.31. The number of halogens is 1. The molecule has 10 nitrogen and oxygen atoms in total. The van der Waals surface area contributed by atoms with Gasteiger partial charge in [-0.15, -0.1) is 0 Å². The van der Waals surface area contributed by atoms with Gasteiger partial charge >= 0.3 is 0 Å². The Kier molecular flexibility index (Phi) is 7.61. The van der Waals surface area contributed by atoms with Crippen molar-refractivity contribution in [1.29, 1.82) is 0 Å². The second-order valence-electron chi connectivity index (χ2n) is 9.37. The Bertz CT molecular complexity index is 1260. The molecule has 0 aliphatic carbocycles. The molecule has 196 valence electrons. The van der Waals surface area contributed by atoms with Gasteiger partial charge in [0.1, 0.15) is 23.9 Å². The Morgan fingerprint density at radius 3 is 2.84 bits per heavy atom. The summed E-state index contributed by atoms with van der Waals surface area (Å²) in [5.74, 6) is 2.29.